The van der Waals surface area contributed by atoms with E-state index in [1.54, 1.807) is 7.11 Å². The van der Waals surface area contributed by atoms with Gasteiger partial charge < -0.3 is 15.4 Å². The van der Waals surface area contributed by atoms with Crippen LogP contribution in [-0.4, -0.2) is 30.7 Å². The Kier molecular flexibility index (Phi) is 4.23. The van der Waals surface area contributed by atoms with E-state index in [0.717, 1.165) is 18.3 Å². The minimum absolute atomic E-state index is 0.264. The minimum atomic E-state index is 0.264. The number of nitrogens with zero attached hydrogens (tertiary/aromatic N) is 3. The van der Waals surface area contributed by atoms with E-state index < -0.39 is 0 Å². The number of hydrogen-bond acceptors (Lipinski definition) is 5. The molecule has 18 heavy (non-hydrogen) atoms. The van der Waals surface area contributed by atoms with E-state index >= 15 is 0 Å². The van der Waals surface area contributed by atoms with Crippen LogP contribution in [0.5, 0.6) is 5.88 Å². The third kappa shape index (κ3) is 3.24. The van der Waals surface area contributed by atoms with Crippen LogP contribution in [0, 0.1) is 5.92 Å². The van der Waals surface area contributed by atoms with Gasteiger partial charge in [0.05, 0.1) is 7.11 Å². The maximum Gasteiger partial charge on any atom is 0.225 e. The molecule has 1 heterocycles. The van der Waals surface area contributed by atoms with Crippen molar-refractivity contribution in [2.45, 2.75) is 32.1 Å². The molecule has 0 saturated heterocycles. The molecular formula is C13H22N4O. The fraction of sp³-hybridized carbons (Fsp3) is 0.692. The lowest BCUT2D eigenvalue weighted by Gasteiger charge is -2.27. The lowest BCUT2D eigenvalue weighted by molar-refractivity contribution is 0.361. The fourth-order valence-corrected chi connectivity index (χ4v) is 2.58. The SMILES string of the molecule is COc1cc(N(C)CC2CCCCC2)nc(N)n1. The van der Waals surface area contributed by atoms with Crippen LogP contribution in [0.2, 0.25) is 0 Å². The highest BCUT2D eigenvalue weighted by Gasteiger charge is 2.17. The molecule has 1 aliphatic carbocycles. The highest BCUT2D eigenvalue weighted by molar-refractivity contribution is 5.44. The van der Waals surface area contributed by atoms with E-state index in [0.29, 0.717) is 5.88 Å². The molecular weight excluding hydrogens is 228 g/mol. The Labute approximate surface area is 108 Å². The van der Waals surface area contributed by atoms with Gasteiger partial charge >= 0.3 is 0 Å². The lowest BCUT2D eigenvalue weighted by Crippen LogP contribution is -2.27. The van der Waals surface area contributed by atoms with Gasteiger partial charge in [-0.15, -0.1) is 0 Å². The Morgan fingerprint density at radius 2 is 2.06 bits per heavy atom. The number of ether oxygens (including phenoxy) is 1. The third-order valence-corrected chi connectivity index (χ3v) is 3.56. The van der Waals surface area contributed by atoms with Gasteiger partial charge in [0.15, 0.2) is 0 Å². The monoisotopic (exact) mass is 250 g/mol. The molecule has 0 bridgehead atoms. The molecule has 5 heteroatoms. The highest BCUT2D eigenvalue weighted by atomic mass is 16.5. The average molecular weight is 250 g/mol. The smallest absolute Gasteiger partial charge is 0.225 e. The number of nitrogens with two attached hydrogens (primary N) is 1. The molecule has 1 fully saturated rings. The quantitative estimate of drug-likeness (QED) is 0.886. The predicted molar refractivity (Wildman–Crippen MR) is 72.8 cm³/mol. The van der Waals surface area contributed by atoms with Crippen LogP contribution in [0.25, 0.3) is 0 Å². The summed E-state index contributed by atoms with van der Waals surface area (Å²) in [6.07, 6.45) is 6.74. The first-order valence-electron chi connectivity index (χ1n) is 6.58. The van der Waals surface area contributed by atoms with Crippen LogP contribution >= 0.6 is 0 Å². The van der Waals surface area contributed by atoms with Gasteiger partial charge in [-0.3, -0.25) is 0 Å². The highest BCUT2D eigenvalue weighted by Crippen LogP contribution is 2.26. The summed E-state index contributed by atoms with van der Waals surface area (Å²) < 4.78 is 5.12. The fourth-order valence-electron chi connectivity index (χ4n) is 2.58. The van der Waals surface area contributed by atoms with E-state index in [1.807, 2.05) is 6.07 Å². The van der Waals surface area contributed by atoms with Crippen LogP contribution in [0.15, 0.2) is 6.07 Å². The molecule has 2 N–H and O–H groups in total. The molecule has 0 amide bonds. The molecule has 1 aliphatic rings. The van der Waals surface area contributed by atoms with Crippen molar-refractivity contribution < 1.29 is 4.74 Å². The summed E-state index contributed by atoms with van der Waals surface area (Å²) in [5.74, 6) is 2.39. The zero-order valence-corrected chi connectivity index (χ0v) is 11.2. The molecule has 0 aliphatic heterocycles. The zero-order valence-electron chi connectivity index (χ0n) is 11.2. The maximum atomic E-state index is 5.68. The van der Waals surface area contributed by atoms with Crippen LogP contribution in [0.3, 0.4) is 0 Å². The summed E-state index contributed by atoms with van der Waals surface area (Å²) in [6, 6.07) is 1.83. The molecule has 0 spiro atoms. The summed E-state index contributed by atoms with van der Waals surface area (Å²) in [6.45, 7) is 1.03. The van der Waals surface area contributed by atoms with Gasteiger partial charge in [0.25, 0.3) is 0 Å². The average Bonchev–Trinajstić information content (AvgIpc) is 2.39. The second kappa shape index (κ2) is 5.89. The van der Waals surface area contributed by atoms with Crippen molar-refractivity contribution >= 4 is 11.8 Å². The third-order valence-electron chi connectivity index (χ3n) is 3.56. The van der Waals surface area contributed by atoms with Crippen LogP contribution in [0.4, 0.5) is 11.8 Å². The Morgan fingerprint density at radius 1 is 1.33 bits per heavy atom. The standard InChI is InChI=1S/C13H22N4O/c1-17(9-10-6-4-3-5-7-10)11-8-12(18-2)16-13(14)15-11/h8,10H,3-7,9H2,1-2H3,(H2,14,15,16). The summed E-state index contributed by atoms with van der Waals surface area (Å²) >= 11 is 0. The lowest BCUT2D eigenvalue weighted by atomic mass is 9.89. The molecule has 1 aromatic rings. The van der Waals surface area contributed by atoms with Crippen molar-refractivity contribution in [2.24, 2.45) is 5.92 Å². The maximum absolute atomic E-state index is 5.68. The van der Waals surface area contributed by atoms with E-state index in [2.05, 4.69) is 21.9 Å². The molecule has 100 valence electrons. The van der Waals surface area contributed by atoms with Gasteiger partial charge in [-0.2, -0.15) is 9.97 Å². The van der Waals surface area contributed by atoms with Crippen LogP contribution in [-0.2, 0) is 0 Å². The Morgan fingerprint density at radius 3 is 2.72 bits per heavy atom. The minimum Gasteiger partial charge on any atom is -0.481 e. The Bertz CT molecular complexity index is 391. The van der Waals surface area contributed by atoms with E-state index in [-0.39, 0.29) is 5.95 Å². The van der Waals surface area contributed by atoms with Crippen molar-refractivity contribution in [2.75, 3.05) is 31.3 Å². The zero-order chi connectivity index (χ0) is 13.0. The molecule has 1 saturated carbocycles. The van der Waals surface area contributed by atoms with E-state index in [4.69, 9.17) is 10.5 Å². The molecule has 5 nitrogen and oxygen atoms in total. The number of anilines is 2. The number of aromatic nitrogens is 2. The second-order valence-electron chi connectivity index (χ2n) is 5.01. The van der Waals surface area contributed by atoms with Crippen LogP contribution in [0.1, 0.15) is 32.1 Å². The normalized spacial score (nSPS) is 16.6. The van der Waals surface area contributed by atoms with Crippen molar-refractivity contribution in [1.29, 1.82) is 0 Å². The predicted octanol–water partition coefficient (Wildman–Crippen LogP) is 2.08. The number of rotatable bonds is 4. The Balaban J connectivity index is 2.02. The van der Waals surface area contributed by atoms with Crippen molar-refractivity contribution in [3.63, 3.8) is 0 Å². The molecule has 0 radical (unpaired) electrons. The largest absolute Gasteiger partial charge is 0.481 e. The van der Waals surface area contributed by atoms with Gasteiger partial charge in [0.1, 0.15) is 5.82 Å². The first-order valence-corrected chi connectivity index (χ1v) is 6.58. The van der Waals surface area contributed by atoms with E-state index in [9.17, 15) is 0 Å². The molecule has 1 aromatic heterocycles. The second-order valence-corrected chi connectivity index (χ2v) is 5.01. The topological polar surface area (TPSA) is 64.3 Å². The summed E-state index contributed by atoms with van der Waals surface area (Å²) in [7, 11) is 3.64. The molecule has 0 aromatic carbocycles. The van der Waals surface area contributed by atoms with Crippen LogP contribution < -0.4 is 15.4 Å². The van der Waals surface area contributed by atoms with Crippen molar-refractivity contribution in [1.82, 2.24) is 9.97 Å². The molecule has 0 unspecified atom stereocenters. The van der Waals surface area contributed by atoms with E-state index in [1.165, 1.54) is 32.1 Å². The van der Waals surface area contributed by atoms with Gasteiger partial charge in [-0.05, 0) is 18.8 Å². The summed E-state index contributed by atoms with van der Waals surface area (Å²) in [5, 5.41) is 0. The Hall–Kier alpha value is -1.52. The number of nitrogen functional groups attached to an aromatic ring is 1. The van der Waals surface area contributed by atoms with Gasteiger partial charge in [-0.25, -0.2) is 0 Å². The van der Waals surface area contributed by atoms with Crippen molar-refractivity contribution in [3.05, 3.63) is 6.07 Å². The summed E-state index contributed by atoms with van der Waals surface area (Å²) in [5.41, 5.74) is 5.68. The summed E-state index contributed by atoms with van der Waals surface area (Å²) in [4.78, 5) is 10.4. The molecule has 0 atom stereocenters. The van der Waals surface area contributed by atoms with Crippen molar-refractivity contribution in [3.8, 4) is 5.88 Å². The van der Waals surface area contributed by atoms with Gasteiger partial charge in [0, 0.05) is 19.7 Å². The number of hydrogen-bond donors (Lipinski definition) is 1. The first kappa shape index (κ1) is 12.9. The van der Waals surface area contributed by atoms with Gasteiger partial charge in [0.2, 0.25) is 11.8 Å². The molecule has 2 rings (SSSR count). The first-order chi connectivity index (χ1) is 8.69. The van der Waals surface area contributed by atoms with Gasteiger partial charge in [-0.1, -0.05) is 19.3 Å². The number of methoxy groups -OCH3 is 1.